The fraction of sp³-hybridized carbons (Fsp3) is 0.714. The van der Waals surface area contributed by atoms with Crippen LogP contribution in [-0.4, -0.2) is 28.6 Å². The summed E-state index contributed by atoms with van der Waals surface area (Å²) in [6.07, 6.45) is 1.08. The van der Waals surface area contributed by atoms with Crippen LogP contribution in [0.5, 0.6) is 0 Å². The zero-order valence-electron chi connectivity index (χ0n) is 13.3. The standard InChI is InChI=1S/C14H24N4O2S/c1-9(2)8-11-17-18-13(21-11)16-10(19)6-7-15-12(20)14(3,4)5/h9H,6-8H2,1-5H3,(H,15,20)(H,16,18,19). The predicted octanol–water partition coefficient (Wildman–Crippen LogP) is 2.23. The van der Waals surface area contributed by atoms with Gasteiger partial charge in [-0.05, 0) is 5.92 Å². The first kappa shape index (κ1) is 17.6. The molecule has 21 heavy (non-hydrogen) atoms. The van der Waals surface area contributed by atoms with Crippen molar-refractivity contribution in [2.45, 2.75) is 47.5 Å². The van der Waals surface area contributed by atoms with E-state index in [1.165, 1.54) is 11.3 Å². The molecule has 1 aromatic heterocycles. The van der Waals surface area contributed by atoms with Gasteiger partial charge in [0.1, 0.15) is 5.01 Å². The van der Waals surface area contributed by atoms with E-state index >= 15 is 0 Å². The van der Waals surface area contributed by atoms with Gasteiger partial charge in [0.2, 0.25) is 16.9 Å². The van der Waals surface area contributed by atoms with E-state index in [0.29, 0.717) is 17.6 Å². The fourth-order valence-corrected chi connectivity index (χ4v) is 2.44. The number of carbonyl (C=O) groups excluding carboxylic acids is 2. The normalized spacial score (nSPS) is 11.5. The highest BCUT2D eigenvalue weighted by Crippen LogP contribution is 2.18. The molecule has 0 aromatic carbocycles. The topological polar surface area (TPSA) is 84.0 Å². The number of anilines is 1. The number of carbonyl (C=O) groups is 2. The monoisotopic (exact) mass is 312 g/mol. The highest BCUT2D eigenvalue weighted by Gasteiger charge is 2.20. The molecule has 0 saturated heterocycles. The molecule has 0 fully saturated rings. The second-order valence-corrected chi connectivity index (χ2v) is 7.47. The molecule has 0 aliphatic heterocycles. The first-order valence-corrected chi connectivity index (χ1v) is 7.90. The predicted molar refractivity (Wildman–Crippen MR) is 84.2 cm³/mol. The number of nitrogens with zero attached hydrogens (tertiary/aromatic N) is 2. The Balaban J connectivity index is 2.34. The summed E-state index contributed by atoms with van der Waals surface area (Å²) in [5.74, 6) is 0.274. The average molecular weight is 312 g/mol. The van der Waals surface area contributed by atoms with Crippen molar-refractivity contribution < 1.29 is 9.59 Å². The zero-order valence-corrected chi connectivity index (χ0v) is 14.1. The summed E-state index contributed by atoms with van der Waals surface area (Å²) in [7, 11) is 0. The van der Waals surface area contributed by atoms with E-state index in [1.54, 1.807) is 0 Å². The maximum Gasteiger partial charge on any atom is 0.227 e. The summed E-state index contributed by atoms with van der Waals surface area (Å²) < 4.78 is 0. The van der Waals surface area contributed by atoms with Crippen molar-refractivity contribution in [3.63, 3.8) is 0 Å². The second-order valence-electron chi connectivity index (χ2n) is 6.40. The van der Waals surface area contributed by atoms with E-state index in [1.807, 2.05) is 20.8 Å². The van der Waals surface area contributed by atoms with Crippen LogP contribution < -0.4 is 10.6 Å². The Hall–Kier alpha value is -1.50. The summed E-state index contributed by atoms with van der Waals surface area (Å²) in [4.78, 5) is 23.4. The third-order valence-corrected chi connectivity index (χ3v) is 3.48. The minimum atomic E-state index is -0.443. The Bertz CT molecular complexity index is 491. The number of nitrogens with one attached hydrogen (secondary N) is 2. The van der Waals surface area contributed by atoms with Crippen LogP contribution in [-0.2, 0) is 16.0 Å². The van der Waals surface area contributed by atoms with Gasteiger partial charge in [0.25, 0.3) is 0 Å². The van der Waals surface area contributed by atoms with E-state index in [4.69, 9.17) is 0 Å². The van der Waals surface area contributed by atoms with Gasteiger partial charge >= 0.3 is 0 Å². The van der Waals surface area contributed by atoms with Crippen molar-refractivity contribution in [3.8, 4) is 0 Å². The van der Waals surface area contributed by atoms with Crippen molar-refractivity contribution in [1.82, 2.24) is 15.5 Å². The minimum absolute atomic E-state index is 0.0644. The number of hydrogen-bond donors (Lipinski definition) is 2. The molecule has 1 aromatic rings. The number of rotatable bonds is 6. The SMILES string of the molecule is CC(C)Cc1nnc(NC(=O)CCNC(=O)C(C)(C)C)s1. The smallest absolute Gasteiger partial charge is 0.227 e. The van der Waals surface area contributed by atoms with Gasteiger partial charge in [0.15, 0.2) is 0 Å². The minimum Gasteiger partial charge on any atom is -0.355 e. The third kappa shape index (κ3) is 6.66. The molecule has 118 valence electrons. The van der Waals surface area contributed by atoms with Crippen LogP contribution in [0.4, 0.5) is 5.13 Å². The van der Waals surface area contributed by atoms with Crippen molar-refractivity contribution >= 4 is 28.3 Å². The quantitative estimate of drug-likeness (QED) is 0.843. The lowest BCUT2D eigenvalue weighted by atomic mass is 9.96. The molecular weight excluding hydrogens is 288 g/mol. The second kappa shape index (κ2) is 7.49. The van der Waals surface area contributed by atoms with Gasteiger partial charge in [0.05, 0.1) is 0 Å². The van der Waals surface area contributed by atoms with E-state index in [-0.39, 0.29) is 18.2 Å². The molecule has 2 N–H and O–H groups in total. The van der Waals surface area contributed by atoms with Crippen LogP contribution in [0.15, 0.2) is 0 Å². The van der Waals surface area contributed by atoms with Crippen LogP contribution in [0.1, 0.15) is 46.0 Å². The summed E-state index contributed by atoms with van der Waals surface area (Å²) in [6, 6.07) is 0. The van der Waals surface area contributed by atoms with Crippen molar-refractivity contribution in [2.75, 3.05) is 11.9 Å². The number of amides is 2. The van der Waals surface area contributed by atoms with Gasteiger partial charge in [-0.15, -0.1) is 10.2 Å². The molecule has 1 heterocycles. The lowest BCUT2D eigenvalue weighted by Crippen LogP contribution is -2.36. The van der Waals surface area contributed by atoms with Crippen LogP contribution in [0.2, 0.25) is 0 Å². The largest absolute Gasteiger partial charge is 0.355 e. The number of hydrogen-bond acceptors (Lipinski definition) is 5. The van der Waals surface area contributed by atoms with Crippen LogP contribution in [0.3, 0.4) is 0 Å². The summed E-state index contributed by atoms with van der Waals surface area (Å²) in [5.41, 5.74) is -0.443. The summed E-state index contributed by atoms with van der Waals surface area (Å²) in [6.45, 7) is 10.0. The molecule has 0 saturated carbocycles. The van der Waals surface area contributed by atoms with Crippen molar-refractivity contribution in [1.29, 1.82) is 0 Å². The van der Waals surface area contributed by atoms with Crippen molar-refractivity contribution in [2.24, 2.45) is 11.3 Å². The molecule has 6 nitrogen and oxygen atoms in total. The molecular formula is C14H24N4O2S. The van der Waals surface area contributed by atoms with Gasteiger partial charge < -0.3 is 10.6 Å². The average Bonchev–Trinajstić information content (AvgIpc) is 2.73. The summed E-state index contributed by atoms with van der Waals surface area (Å²) >= 11 is 1.39. The van der Waals surface area contributed by atoms with E-state index < -0.39 is 5.41 Å². The van der Waals surface area contributed by atoms with Gasteiger partial charge in [-0.2, -0.15) is 0 Å². The molecule has 0 unspecified atom stereocenters. The maximum absolute atomic E-state index is 11.8. The lowest BCUT2D eigenvalue weighted by Gasteiger charge is -2.17. The molecule has 7 heteroatoms. The molecule has 0 aliphatic carbocycles. The third-order valence-electron chi connectivity index (χ3n) is 2.61. The van der Waals surface area contributed by atoms with Crippen LogP contribution in [0.25, 0.3) is 0 Å². The van der Waals surface area contributed by atoms with Gasteiger partial charge in [-0.3, -0.25) is 9.59 Å². The maximum atomic E-state index is 11.8. The van der Waals surface area contributed by atoms with E-state index in [2.05, 4.69) is 34.7 Å². The Morgan fingerprint density at radius 3 is 2.48 bits per heavy atom. The Morgan fingerprint density at radius 1 is 1.24 bits per heavy atom. The first-order chi connectivity index (χ1) is 9.68. The summed E-state index contributed by atoms with van der Waals surface area (Å²) in [5, 5.41) is 14.8. The van der Waals surface area contributed by atoms with E-state index in [9.17, 15) is 9.59 Å². The lowest BCUT2D eigenvalue weighted by molar-refractivity contribution is -0.128. The van der Waals surface area contributed by atoms with Crippen LogP contribution >= 0.6 is 11.3 Å². The molecule has 2 amide bonds. The van der Waals surface area contributed by atoms with Crippen LogP contribution in [0, 0.1) is 11.3 Å². The highest BCUT2D eigenvalue weighted by atomic mass is 32.1. The zero-order chi connectivity index (χ0) is 16.0. The Labute approximate surface area is 129 Å². The van der Waals surface area contributed by atoms with E-state index in [0.717, 1.165) is 11.4 Å². The van der Waals surface area contributed by atoms with Gasteiger partial charge in [-0.25, -0.2) is 0 Å². The molecule has 1 rings (SSSR count). The highest BCUT2D eigenvalue weighted by molar-refractivity contribution is 7.15. The molecule has 0 radical (unpaired) electrons. The molecule has 0 spiro atoms. The Morgan fingerprint density at radius 2 is 1.90 bits per heavy atom. The first-order valence-electron chi connectivity index (χ1n) is 7.09. The molecule has 0 aliphatic rings. The van der Waals surface area contributed by atoms with Gasteiger partial charge in [0, 0.05) is 24.8 Å². The number of aromatic nitrogens is 2. The molecule has 0 atom stereocenters. The molecule has 0 bridgehead atoms. The van der Waals surface area contributed by atoms with Gasteiger partial charge in [-0.1, -0.05) is 46.0 Å². The Kier molecular flexibility index (Phi) is 6.26. The van der Waals surface area contributed by atoms with Crippen molar-refractivity contribution in [3.05, 3.63) is 5.01 Å². The fourth-order valence-electron chi connectivity index (χ4n) is 1.47.